The Morgan fingerprint density at radius 3 is 1.38 bits per heavy atom. The number of alkyl halides is 1. The molecule has 0 saturated heterocycles. The zero-order chi connectivity index (χ0) is 15.8. The van der Waals surface area contributed by atoms with Crippen molar-refractivity contribution in [3.05, 3.63) is 0 Å². The highest BCUT2D eigenvalue weighted by molar-refractivity contribution is 9.10. The van der Waals surface area contributed by atoms with Gasteiger partial charge in [-0.1, -0.05) is 120 Å². The van der Waals surface area contributed by atoms with Crippen molar-refractivity contribution in [2.45, 2.75) is 128 Å². The van der Waals surface area contributed by atoms with Crippen LogP contribution in [0.3, 0.4) is 0 Å². The Morgan fingerprint density at radius 2 is 0.905 bits per heavy atom. The Labute approximate surface area is 144 Å². The highest BCUT2D eigenvalue weighted by Gasteiger charge is 2.23. The van der Waals surface area contributed by atoms with Crippen molar-refractivity contribution in [2.75, 3.05) is 0 Å². The molecule has 21 heavy (non-hydrogen) atoms. The van der Waals surface area contributed by atoms with Gasteiger partial charge in [-0.2, -0.15) is 0 Å². The molecule has 0 spiro atoms. The summed E-state index contributed by atoms with van der Waals surface area (Å²) < 4.78 is 0.456. The lowest BCUT2D eigenvalue weighted by Gasteiger charge is -2.27. The first-order valence-corrected chi connectivity index (χ1v) is 10.7. The van der Waals surface area contributed by atoms with Crippen molar-refractivity contribution in [1.29, 1.82) is 0 Å². The molecule has 0 aliphatic rings. The monoisotopic (exact) mass is 360 g/mol. The standard InChI is InChI=1S/C20H41Br/c1-4-7-9-10-11-12-13-14-15-16-19-20(21,17-6-3)18-8-5-2/h4-19H2,1-3H3. The van der Waals surface area contributed by atoms with Crippen LogP contribution in [0.15, 0.2) is 0 Å². The quantitative estimate of drug-likeness (QED) is 0.191. The Bertz CT molecular complexity index is 202. The Kier molecular flexibility index (Phi) is 15.7. The van der Waals surface area contributed by atoms with Crippen LogP contribution < -0.4 is 0 Å². The van der Waals surface area contributed by atoms with Crippen LogP contribution in [0.25, 0.3) is 0 Å². The highest BCUT2D eigenvalue weighted by atomic mass is 79.9. The van der Waals surface area contributed by atoms with E-state index in [0.717, 1.165) is 0 Å². The minimum atomic E-state index is 0.456. The van der Waals surface area contributed by atoms with Gasteiger partial charge in [-0.3, -0.25) is 0 Å². The van der Waals surface area contributed by atoms with Gasteiger partial charge in [-0.15, -0.1) is 0 Å². The normalized spacial score (nSPS) is 14.3. The Hall–Kier alpha value is 0.480. The molecule has 128 valence electrons. The molecule has 0 bridgehead atoms. The second-order valence-corrected chi connectivity index (χ2v) is 8.62. The van der Waals surface area contributed by atoms with Crippen molar-refractivity contribution < 1.29 is 0 Å². The van der Waals surface area contributed by atoms with Crippen LogP contribution in [-0.4, -0.2) is 4.32 Å². The summed E-state index contributed by atoms with van der Waals surface area (Å²) in [6.45, 7) is 6.92. The van der Waals surface area contributed by atoms with E-state index in [0.29, 0.717) is 4.32 Å². The summed E-state index contributed by atoms with van der Waals surface area (Å²) in [6.07, 6.45) is 22.6. The van der Waals surface area contributed by atoms with Crippen LogP contribution in [-0.2, 0) is 0 Å². The van der Waals surface area contributed by atoms with E-state index < -0.39 is 0 Å². The molecule has 0 aliphatic heterocycles. The second-order valence-electron chi connectivity index (χ2n) is 6.94. The van der Waals surface area contributed by atoms with Crippen LogP contribution in [0.1, 0.15) is 124 Å². The molecule has 0 heterocycles. The topological polar surface area (TPSA) is 0 Å². The lowest BCUT2D eigenvalue weighted by Crippen LogP contribution is -2.20. The molecule has 0 radical (unpaired) electrons. The van der Waals surface area contributed by atoms with Gasteiger partial charge in [0.1, 0.15) is 0 Å². The lowest BCUT2D eigenvalue weighted by molar-refractivity contribution is 0.432. The Balaban J connectivity index is 3.49. The number of hydrogen-bond acceptors (Lipinski definition) is 0. The largest absolute Gasteiger partial charge is 0.0853 e. The SMILES string of the molecule is CCCCCCCCCCCCC(Br)(CCC)CCCC. The van der Waals surface area contributed by atoms with Gasteiger partial charge < -0.3 is 0 Å². The molecule has 0 aliphatic carbocycles. The van der Waals surface area contributed by atoms with E-state index in [4.69, 9.17) is 0 Å². The van der Waals surface area contributed by atoms with Gasteiger partial charge in [0, 0.05) is 4.32 Å². The molecule has 0 aromatic rings. The van der Waals surface area contributed by atoms with Gasteiger partial charge in [0.25, 0.3) is 0 Å². The van der Waals surface area contributed by atoms with E-state index in [-0.39, 0.29) is 0 Å². The van der Waals surface area contributed by atoms with Gasteiger partial charge >= 0.3 is 0 Å². The predicted octanol–water partition coefficient (Wildman–Crippen LogP) is 8.42. The van der Waals surface area contributed by atoms with Crippen LogP contribution >= 0.6 is 15.9 Å². The summed E-state index contributed by atoms with van der Waals surface area (Å²) in [6, 6.07) is 0. The Morgan fingerprint density at radius 1 is 0.476 bits per heavy atom. The molecule has 0 aromatic heterocycles. The average molecular weight is 361 g/mol. The molecule has 0 aromatic carbocycles. The molecule has 1 heteroatoms. The molecule has 0 rings (SSSR count). The van der Waals surface area contributed by atoms with E-state index in [9.17, 15) is 0 Å². The first kappa shape index (κ1) is 21.5. The van der Waals surface area contributed by atoms with Gasteiger partial charge in [-0.05, 0) is 19.3 Å². The third-order valence-corrected chi connectivity index (χ3v) is 5.84. The number of rotatable bonds is 16. The highest BCUT2D eigenvalue weighted by Crippen LogP contribution is 2.35. The van der Waals surface area contributed by atoms with Crippen molar-refractivity contribution in [1.82, 2.24) is 0 Å². The minimum Gasteiger partial charge on any atom is -0.0853 e. The molecular weight excluding hydrogens is 320 g/mol. The van der Waals surface area contributed by atoms with Crippen molar-refractivity contribution in [3.63, 3.8) is 0 Å². The van der Waals surface area contributed by atoms with Gasteiger partial charge in [-0.25, -0.2) is 0 Å². The maximum absolute atomic E-state index is 4.06. The van der Waals surface area contributed by atoms with E-state index in [1.807, 2.05) is 0 Å². The van der Waals surface area contributed by atoms with Crippen molar-refractivity contribution >= 4 is 15.9 Å². The summed E-state index contributed by atoms with van der Waals surface area (Å²) in [5, 5.41) is 0. The average Bonchev–Trinajstić information content (AvgIpc) is 2.47. The van der Waals surface area contributed by atoms with Crippen LogP contribution in [0.5, 0.6) is 0 Å². The van der Waals surface area contributed by atoms with E-state index >= 15 is 0 Å². The fourth-order valence-corrected chi connectivity index (χ4v) is 4.20. The molecule has 0 nitrogen and oxygen atoms in total. The van der Waals surface area contributed by atoms with Crippen molar-refractivity contribution in [2.24, 2.45) is 0 Å². The van der Waals surface area contributed by atoms with E-state index in [2.05, 4.69) is 36.7 Å². The smallest absolute Gasteiger partial charge is 0.0258 e. The van der Waals surface area contributed by atoms with Gasteiger partial charge in [0.05, 0.1) is 0 Å². The molecule has 0 N–H and O–H groups in total. The number of unbranched alkanes of at least 4 members (excludes halogenated alkanes) is 10. The maximum Gasteiger partial charge on any atom is 0.0258 e. The van der Waals surface area contributed by atoms with Crippen LogP contribution in [0.4, 0.5) is 0 Å². The van der Waals surface area contributed by atoms with E-state index in [1.54, 1.807) is 0 Å². The van der Waals surface area contributed by atoms with Crippen LogP contribution in [0.2, 0.25) is 0 Å². The molecule has 1 atom stereocenters. The predicted molar refractivity (Wildman–Crippen MR) is 103 cm³/mol. The first-order valence-electron chi connectivity index (χ1n) is 9.87. The zero-order valence-electron chi connectivity index (χ0n) is 15.2. The molecule has 0 saturated carbocycles. The molecule has 0 fully saturated rings. The summed E-state index contributed by atoms with van der Waals surface area (Å²) >= 11 is 4.06. The summed E-state index contributed by atoms with van der Waals surface area (Å²) in [5.74, 6) is 0. The van der Waals surface area contributed by atoms with Crippen molar-refractivity contribution in [3.8, 4) is 0 Å². The van der Waals surface area contributed by atoms with Gasteiger partial charge in [0.2, 0.25) is 0 Å². The second kappa shape index (κ2) is 15.4. The number of halogens is 1. The third-order valence-electron chi connectivity index (χ3n) is 4.65. The first-order chi connectivity index (χ1) is 10.2. The zero-order valence-corrected chi connectivity index (χ0v) is 16.8. The molecule has 0 amide bonds. The summed E-state index contributed by atoms with van der Waals surface area (Å²) in [5.41, 5.74) is 0. The summed E-state index contributed by atoms with van der Waals surface area (Å²) in [4.78, 5) is 0. The van der Waals surface area contributed by atoms with E-state index in [1.165, 1.54) is 103 Å². The molecular formula is C20H41Br. The lowest BCUT2D eigenvalue weighted by atomic mass is 9.91. The maximum atomic E-state index is 4.06. The minimum absolute atomic E-state index is 0.456. The van der Waals surface area contributed by atoms with Crippen LogP contribution in [0, 0.1) is 0 Å². The molecule has 1 unspecified atom stereocenters. The summed E-state index contributed by atoms with van der Waals surface area (Å²) in [7, 11) is 0. The number of hydrogen-bond donors (Lipinski definition) is 0. The van der Waals surface area contributed by atoms with Gasteiger partial charge in [0.15, 0.2) is 0 Å². The third kappa shape index (κ3) is 13.8. The fraction of sp³-hybridized carbons (Fsp3) is 1.00. The fourth-order valence-electron chi connectivity index (χ4n) is 3.25.